The molecule has 0 spiro atoms. The van der Waals surface area contributed by atoms with E-state index in [0.717, 1.165) is 22.3 Å². The molecule has 0 radical (unpaired) electrons. The Morgan fingerprint density at radius 1 is 0.727 bits per heavy atom. The van der Waals surface area contributed by atoms with Gasteiger partial charge in [-0.05, 0) is 27.3 Å². The van der Waals surface area contributed by atoms with Crippen molar-refractivity contribution in [3.63, 3.8) is 0 Å². The lowest BCUT2D eigenvalue weighted by Gasteiger charge is -2.10. The Hall–Kier alpha value is -2.75. The average molecular weight is 302 g/mol. The van der Waals surface area contributed by atoms with Crippen molar-refractivity contribution in [3.05, 3.63) is 78.9 Å². The van der Waals surface area contributed by atoms with Gasteiger partial charge in [0.1, 0.15) is 0 Å². The SMILES string of the molecule is N#C[P+](=O)c1cccc(-c2ccccc2)c1-c1ccccc1. The lowest BCUT2D eigenvalue weighted by Crippen LogP contribution is -2.03. The van der Waals surface area contributed by atoms with Gasteiger partial charge in [-0.2, -0.15) is 0 Å². The topological polar surface area (TPSA) is 40.9 Å². The molecule has 1 unspecified atom stereocenters. The largest absolute Gasteiger partial charge is 0.495 e. The Morgan fingerprint density at radius 2 is 1.32 bits per heavy atom. The lowest BCUT2D eigenvalue weighted by molar-refractivity contribution is 0.598. The van der Waals surface area contributed by atoms with Gasteiger partial charge in [0.15, 0.2) is 0 Å². The molecule has 0 aliphatic carbocycles. The minimum atomic E-state index is -2.07. The van der Waals surface area contributed by atoms with Gasteiger partial charge in [-0.1, -0.05) is 72.8 Å². The summed E-state index contributed by atoms with van der Waals surface area (Å²) in [5.41, 5.74) is 3.87. The second-order valence-electron chi connectivity index (χ2n) is 4.83. The molecule has 3 aromatic carbocycles. The molecule has 104 valence electrons. The number of hydrogen-bond acceptors (Lipinski definition) is 2. The molecule has 2 nitrogen and oxygen atoms in total. The van der Waals surface area contributed by atoms with Gasteiger partial charge in [-0.25, -0.2) is 0 Å². The predicted octanol–water partition coefficient (Wildman–Crippen LogP) is 4.95. The van der Waals surface area contributed by atoms with Crippen molar-refractivity contribution < 1.29 is 4.57 Å². The van der Waals surface area contributed by atoms with Crippen LogP contribution in [0.5, 0.6) is 0 Å². The van der Waals surface area contributed by atoms with Crippen molar-refractivity contribution in [2.75, 3.05) is 0 Å². The highest BCUT2D eigenvalue weighted by atomic mass is 31.1. The third-order valence-electron chi connectivity index (χ3n) is 3.50. The van der Waals surface area contributed by atoms with Crippen LogP contribution in [-0.2, 0) is 4.57 Å². The predicted molar refractivity (Wildman–Crippen MR) is 90.2 cm³/mol. The van der Waals surface area contributed by atoms with Crippen LogP contribution in [-0.4, -0.2) is 0 Å². The summed E-state index contributed by atoms with van der Waals surface area (Å²) in [5, 5.41) is 9.68. The number of nitriles is 1. The maximum atomic E-state index is 12.2. The van der Waals surface area contributed by atoms with Crippen molar-refractivity contribution in [2.24, 2.45) is 0 Å². The van der Waals surface area contributed by atoms with Crippen LogP contribution in [0.25, 0.3) is 22.3 Å². The van der Waals surface area contributed by atoms with Crippen LogP contribution in [0.3, 0.4) is 0 Å². The van der Waals surface area contributed by atoms with E-state index in [1.54, 1.807) is 6.07 Å². The van der Waals surface area contributed by atoms with Gasteiger partial charge >= 0.3 is 13.6 Å². The fourth-order valence-electron chi connectivity index (χ4n) is 2.53. The summed E-state index contributed by atoms with van der Waals surface area (Å²) in [6.45, 7) is 0. The first-order valence-corrected chi connectivity index (χ1v) is 8.18. The maximum absolute atomic E-state index is 12.2. The second-order valence-corrected chi connectivity index (χ2v) is 6.10. The molecule has 3 aromatic rings. The molecule has 0 amide bonds. The highest BCUT2D eigenvalue weighted by Crippen LogP contribution is 2.35. The van der Waals surface area contributed by atoms with E-state index >= 15 is 0 Å². The van der Waals surface area contributed by atoms with Crippen molar-refractivity contribution in [1.29, 1.82) is 5.26 Å². The number of hydrogen-bond donors (Lipinski definition) is 0. The van der Waals surface area contributed by atoms with Crippen LogP contribution in [0.2, 0.25) is 0 Å². The van der Waals surface area contributed by atoms with Crippen molar-refractivity contribution in [2.45, 2.75) is 0 Å². The van der Waals surface area contributed by atoms with Gasteiger partial charge in [-0.3, -0.25) is 0 Å². The Morgan fingerprint density at radius 3 is 1.91 bits per heavy atom. The second kappa shape index (κ2) is 6.35. The van der Waals surface area contributed by atoms with Gasteiger partial charge in [0.05, 0.1) is 0 Å². The molecule has 0 aromatic heterocycles. The third kappa shape index (κ3) is 2.68. The van der Waals surface area contributed by atoms with Gasteiger partial charge in [0.2, 0.25) is 5.30 Å². The van der Waals surface area contributed by atoms with E-state index in [9.17, 15) is 4.57 Å². The number of rotatable bonds is 3. The van der Waals surface area contributed by atoms with Crippen LogP contribution in [0.1, 0.15) is 0 Å². The lowest BCUT2D eigenvalue weighted by atomic mass is 9.94. The molecule has 0 saturated carbocycles. The molecule has 3 rings (SSSR count). The molecule has 0 heterocycles. The third-order valence-corrected chi connectivity index (χ3v) is 4.49. The van der Waals surface area contributed by atoms with Crippen LogP contribution in [0, 0.1) is 11.1 Å². The molecule has 22 heavy (non-hydrogen) atoms. The molecular weight excluding hydrogens is 289 g/mol. The first-order chi connectivity index (χ1) is 10.8. The highest BCUT2D eigenvalue weighted by Gasteiger charge is 2.27. The summed E-state index contributed by atoms with van der Waals surface area (Å²) in [6.07, 6.45) is 0. The molecule has 0 N–H and O–H groups in total. The fraction of sp³-hybridized carbons (Fsp3) is 0. The quantitative estimate of drug-likeness (QED) is 0.642. The molecule has 0 aliphatic rings. The summed E-state index contributed by atoms with van der Waals surface area (Å²) in [5.74, 6) is 1.88. The molecule has 0 bridgehead atoms. The van der Waals surface area contributed by atoms with E-state index in [1.165, 1.54) is 0 Å². The smallest absolute Gasteiger partial charge is 0.138 e. The number of benzene rings is 3. The highest BCUT2D eigenvalue weighted by molar-refractivity contribution is 7.58. The molecule has 1 atom stereocenters. The van der Waals surface area contributed by atoms with Gasteiger partial charge in [-0.15, -0.1) is 5.26 Å². The summed E-state index contributed by atoms with van der Waals surface area (Å²) in [4.78, 5) is 0. The van der Waals surface area contributed by atoms with Gasteiger partial charge < -0.3 is 0 Å². The number of nitrogens with zero attached hydrogens (tertiary/aromatic N) is 1. The van der Waals surface area contributed by atoms with Gasteiger partial charge in [0.25, 0.3) is 0 Å². The fourth-order valence-corrected chi connectivity index (χ4v) is 3.31. The van der Waals surface area contributed by atoms with Crippen molar-refractivity contribution in [1.82, 2.24) is 0 Å². The van der Waals surface area contributed by atoms with Crippen molar-refractivity contribution in [3.8, 4) is 28.1 Å². The van der Waals surface area contributed by atoms with E-state index in [4.69, 9.17) is 5.26 Å². The van der Waals surface area contributed by atoms with Gasteiger partial charge in [0, 0.05) is 5.56 Å². The van der Waals surface area contributed by atoms with E-state index in [1.807, 2.05) is 78.6 Å². The Labute approximate surface area is 130 Å². The normalized spacial score (nSPS) is 10.8. The van der Waals surface area contributed by atoms with E-state index in [0.29, 0.717) is 5.30 Å². The van der Waals surface area contributed by atoms with Crippen LogP contribution >= 0.6 is 7.80 Å². The minimum absolute atomic E-state index is 0.588. The summed E-state index contributed by atoms with van der Waals surface area (Å²) >= 11 is 0. The molecule has 0 saturated heterocycles. The van der Waals surface area contributed by atoms with E-state index < -0.39 is 7.80 Å². The Balaban J connectivity index is 2.32. The zero-order valence-electron chi connectivity index (χ0n) is 11.8. The molecule has 3 heteroatoms. The summed E-state index contributed by atoms with van der Waals surface area (Å²) < 4.78 is 12.2. The van der Waals surface area contributed by atoms with E-state index in [-0.39, 0.29) is 0 Å². The minimum Gasteiger partial charge on any atom is -0.138 e. The zero-order valence-corrected chi connectivity index (χ0v) is 12.7. The zero-order chi connectivity index (χ0) is 15.4. The maximum Gasteiger partial charge on any atom is 0.495 e. The average Bonchev–Trinajstić information content (AvgIpc) is 2.62. The molecular formula is C19H13NOP+. The van der Waals surface area contributed by atoms with Crippen LogP contribution in [0.15, 0.2) is 78.9 Å². The standard InChI is InChI=1S/C19H13NOP/c20-14-22(21)18-13-7-12-17(15-8-3-1-4-9-15)19(18)16-10-5-2-6-11-16/h1-13H/q+1. The van der Waals surface area contributed by atoms with Crippen LogP contribution in [0.4, 0.5) is 0 Å². The monoisotopic (exact) mass is 302 g/mol. The van der Waals surface area contributed by atoms with Crippen molar-refractivity contribution >= 4 is 13.1 Å². The summed E-state index contributed by atoms with van der Waals surface area (Å²) in [6, 6.07) is 25.4. The van der Waals surface area contributed by atoms with Crippen LogP contribution < -0.4 is 5.30 Å². The first-order valence-electron chi connectivity index (χ1n) is 6.92. The molecule has 0 fully saturated rings. The Bertz CT molecular complexity index is 852. The first kappa shape index (κ1) is 14.2. The van der Waals surface area contributed by atoms with E-state index in [2.05, 4.69) is 0 Å². The Kier molecular flexibility index (Phi) is 4.10. The molecule has 0 aliphatic heterocycles. The summed E-state index contributed by atoms with van der Waals surface area (Å²) in [7, 11) is -2.07.